The molecule has 90 valence electrons. The van der Waals surface area contributed by atoms with Gasteiger partial charge in [-0.2, -0.15) is 5.21 Å². The van der Waals surface area contributed by atoms with E-state index in [1.54, 1.807) is 6.92 Å². The van der Waals surface area contributed by atoms with Gasteiger partial charge in [0, 0.05) is 5.56 Å². The number of anilines is 1. The molecule has 8 heteroatoms. The fourth-order valence-corrected chi connectivity index (χ4v) is 1.57. The van der Waals surface area contributed by atoms with Crippen LogP contribution in [0.5, 0.6) is 0 Å². The van der Waals surface area contributed by atoms with Gasteiger partial charge < -0.3 is 5.32 Å². The van der Waals surface area contributed by atoms with Crippen LogP contribution in [0.1, 0.15) is 30.2 Å². The zero-order valence-electron chi connectivity index (χ0n) is 9.69. The molecule has 0 radical (unpaired) electrons. The van der Waals surface area contributed by atoms with Gasteiger partial charge in [-0.1, -0.05) is 16.8 Å². The Hall–Kier alpha value is -1.76. The first kappa shape index (κ1) is 11.7. The Morgan fingerprint density at radius 2 is 2.06 bits per heavy atom. The minimum Gasteiger partial charge on any atom is -0.360 e. The molecule has 0 aliphatic heterocycles. The number of aryl methyl sites for hydroxylation is 1. The number of aromatic nitrogens is 6. The first-order valence-electron chi connectivity index (χ1n) is 5.08. The quantitative estimate of drug-likeness (QED) is 0.804. The molecule has 0 aromatic carbocycles. The second kappa shape index (κ2) is 4.62. The fraction of sp³-hybridized carbons (Fsp3) is 0.444. The van der Waals surface area contributed by atoms with E-state index in [2.05, 4.69) is 35.9 Å². The van der Waals surface area contributed by atoms with Gasteiger partial charge >= 0.3 is 0 Å². The topological polar surface area (TPSA) is 92.3 Å². The molecular weight excluding hydrogens is 242 g/mol. The van der Waals surface area contributed by atoms with E-state index in [0.717, 1.165) is 5.56 Å². The number of halogens is 1. The number of hydrogen-bond acceptors (Lipinski definition) is 6. The van der Waals surface area contributed by atoms with Crippen molar-refractivity contribution in [3.05, 3.63) is 22.4 Å². The minimum atomic E-state index is -0.113. The van der Waals surface area contributed by atoms with Gasteiger partial charge in [0.2, 0.25) is 0 Å². The van der Waals surface area contributed by atoms with E-state index >= 15 is 0 Å². The summed E-state index contributed by atoms with van der Waals surface area (Å²) in [5.41, 5.74) is 0.799. The monoisotopic (exact) mass is 253 g/mol. The molecule has 2 rings (SSSR count). The van der Waals surface area contributed by atoms with Crippen LogP contribution in [0.25, 0.3) is 0 Å². The maximum Gasteiger partial charge on any atom is 0.196 e. The van der Waals surface area contributed by atoms with Crippen molar-refractivity contribution in [2.24, 2.45) is 0 Å². The van der Waals surface area contributed by atoms with Crippen molar-refractivity contribution in [3.63, 3.8) is 0 Å². The molecule has 0 saturated heterocycles. The van der Waals surface area contributed by atoms with Crippen LogP contribution in [0.3, 0.4) is 0 Å². The Kier molecular flexibility index (Phi) is 3.19. The predicted octanol–water partition coefficient (Wildman–Crippen LogP) is 1.43. The highest BCUT2D eigenvalue weighted by Gasteiger charge is 2.14. The fourth-order valence-electron chi connectivity index (χ4n) is 1.36. The summed E-state index contributed by atoms with van der Waals surface area (Å²) in [5.74, 6) is 1.86. The zero-order valence-corrected chi connectivity index (χ0v) is 10.4. The highest BCUT2D eigenvalue weighted by molar-refractivity contribution is 6.30. The van der Waals surface area contributed by atoms with Gasteiger partial charge in [-0.25, -0.2) is 9.97 Å². The first-order chi connectivity index (χ1) is 8.08. The predicted molar refractivity (Wildman–Crippen MR) is 62.7 cm³/mol. The van der Waals surface area contributed by atoms with Gasteiger partial charge in [0.1, 0.15) is 16.8 Å². The molecule has 2 heterocycles. The van der Waals surface area contributed by atoms with Crippen molar-refractivity contribution in [1.82, 2.24) is 30.6 Å². The minimum absolute atomic E-state index is 0.113. The van der Waals surface area contributed by atoms with E-state index in [-0.39, 0.29) is 6.04 Å². The first-order valence-corrected chi connectivity index (χ1v) is 5.46. The second-order valence-corrected chi connectivity index (χ2v) is 4.03. The summed E-state index contributed by atoms with van der Waals surface area (Å²) in [6, 6.07) is -0.113. The van der Waals surface area contributed by atoms with Crippen molar-refractivity contribution in [2.75, 3.05) is 5.32 Å². The maximum absolute atomic E-state index is 5.99. The molecule has 0 aliphatic rings. The van der Waals surface area contributed by atoms with Crippen molar-refractivity contribution >= 4 is 17.4 Å². The summed E-state index contributed by atoms with van der Waals surface area (Å²) in [4.78, 5) is 8.36. The third kappa shape index (κ3) is 2.50. The van der Waals surface area contributed by atoms with Crippen LogP contribution >= 0.6 is 11.6 Å². The summed E-state index contributed by atoms with van der Waals surface area (Å²) >= 11 is 5.99. The molecule has 17 heavy (non-hydrogen) atoms. The van der Waals surface area contributed by atoms with Gasteiger partial charge in [0.05, 0.1) is 6.04 Å². The lowest BCUT2D eigenvalue weighted by atomic mass is 10.3. The van der Waals surface area contributed by atoms with E-state index in [1.807, 2.05) is 13.8 Å². The summed E-state index contributed by atoms with van der Waals surface area (Å²) < 4.78 is 0. The molecule has 0 aliphatic carbocycles. The molecule has 0 bridgehead atoms. The van der Waals surface area contributed by atoms with E-state index < -0.39 is 0 Å². The Balaban J connectivity index is 2.24. The van der Waals surface area contributed by atoms with Crippen molar-refractivity contribution in [3.8, 4) is 0 Å². The van der Waals surface area contributed by atoms with Crippen molar-refractivity contribution < 1.29 is 0 Å². The highest BCUT2D eigenvalue weighted by Crippen LogP contribution is 2.22. The average Bonchev–Trinajstić information content (AvgIpc) is 2.78. The van der Waals surface area contributed by atoms with Crippen LogP contribution in [0, 0.1) is 13.8 Å². The summed E-state index contributed by atoms with van der Waals surface area (Å²) in [5, 5.41) is 17.3. The lowest BCUT2D eigenvalue weighted by molar-refractivity contribution is 0.783. The van der Waals surface area contributed by atoms with Gasteiger partial charge in [0.25, 0.3) is 0 Å². The highest BCUT2D eigenvalue weighted by atomic mass is 35.5. The molecule has 2 aromatic heterocycles. The van der Waals surface area contributed by atoms with Crippen LogP contribution in [0.4, 0.5) is 5.82 Å². The standard InChI is InChI=1S/C9H12ClN7/c1-4-7(10)12-6(3)13-8(4)11-5(2)9-14-16-17-15-9/h5H,1-3H3,(H,11,12,13)(H,14,15,16,17). The van der Waals surface area contributed by atoms with Gasteiger partial charge in [-0.3, -0.25) is 0 Å². The Morgan fingerprint density at radius 1 is 1.29 bits per heavy atom. The molecule has 0 saturated carbocycles. The summed E-state index contributed by atoms with van der Waals surface area (Å²) in [6.45, 7) is 5.55. The third-order valence-corrected chi connectivity index (χ3v) is 2.67. The van der Waals surface area contributed by atoms with E-state index in [0.29, 0.717) is 22.6 Å². The number of H-pyrrole nitrogens is 1. The van der Waals surface area contributed by atoms with Gasteiger partial charge in [-0.05, 0) is 20.8 Å². The van der Waals surface area contributed by atoms with Crippen LogP contribution in [-0.2, 0) is 0 Å². The SMILES string of the molecule is Cc1nc(Cl)c(C)c(NC(C)c2nn[nH]n2)n1. The molecule has 2 N–H and O–H groups in total. The van der Waals surface area contributed by atoms with Gasteiger partial charge in [0.15, 0.2) is 5.82 Å². The molecule has 1 unspecified atom stereocenters. The molecule has 1 atom stereocenters. The Bertz CT molecular complexity index is 510. The molecule has 0 fully saturated rings. The number of nitrogens with zero attached hydrogens (tertiary/aromatic N) is 5. The average molecular weight is 254 g/mol. The van der Waals surface area contributed by atoms with E-state index in [1.165, 1.54) is 0 Å². The number of tetrazole rings is 1. The van der Waals surface area contributed by atoms with Crippen molar-refractivity contribution in [2.45, 2.75) is 26.8 Å². The van der Waals surface area contributed by atoms with Crippen LogP contribution in [-0.4, -0.2) is 30.6 Å². The van der Waals surface area contributed by atoms with Crippen molar-refractivity contribution in [1.29, 1.82) is 0 Å². The lowest BCUT2D eigenvalue weighted by Gasteiger charge is -2.13. The molecule has 7 nitrogen and oxygen atoms in total. The number of aromatic amines is 1. The number of rotatable bonds is 3. The largest absolute Gasteiger partial charge is 0.360 e. The van der Waals surface area contributed by atoms with E-state index in [9.17, 15) is 0 Å². The van der Waals surface area contributed by atoms with Gasteiger partial charge in [-0.15, -0.1) is 10.2 Å². The molecule has 2 aromatic rings. The third-order valence-electron chi connectivity index (χ3n) is 2.30. The number of nitrogens with one attached hydrogen (secondary N) is 2. The van der Waals surface area contributed by atoms with Crippen LogP contribution in [0.15, 0.2) is 0 Å². The number of hydrogen-bond donors (Lipinski definition) is 2. The van der Waals surface area contributed by atoms with Crippen LogP contribution < -0.4 is 5.32 Å². The Labute approximate surface area is 103 Å². The Morgan fingerprint density at radius 3 is 2.71 bits per heavy atom. The zero-order chi connectivity index (χ0) is 12.4. The molecular formula is C9H12ClN7. The normalized spacial score (nSPS) is 12.5. The summed E-state index contributed by atoms with van der Waals surface area (Å²) in [7, 11) is 0. The lowest BCUT2D eigenvalue weighted by Crippen LogP contribution is -2.12. The summed E-state index contributed by atoms with van der Waals surface area (Å²) in [6.07, 6.45) is 0. The molecule has 0 amide bonds. The second-order valence-electron chi connectivity index (χ2n) is 3.67. The van der Waals surface area contributed by atoms with Crippen LogP contribution in [0.2, 0.25) is 5.15 Å². The smallest absolute Gasteiger partial charge is 0.196 e. The van der Waals surface area contributed by atoms with E-state index in [4.69, 9.17) is 11.6 Å². The molecule has 0 spiro atoms. The maximum atomic E-state index is 5.99.